The molecule has 1 aromatic heterocycles. The maximum absolute atomic E-state index is 6.24. The van der Waals surface area contributed by atoms with E-state index in [1.807, 2.05) is 48.7 Å². The summed E-state index contributed by atoms with van der Waals surface area (Å²) in [6, 6.07) is 20.1. The Kier molecular flexibility index (Phi) is 4.15. The lowest BCUT2D eigenvalue weighted by Crippen LogP contribution is -2.13. The van der Waals surface area contributed by atoms with E-state index < -0.39 is 0 Å². The smallest absolute Gasteiger partial charge is 0.0726 e. The van der Waals surface area contributed by atoms with Crippen LogP contribution >= 0.6 is 12.4 Å². The number of fused-ring (bicyclic) bond motifs is 1. The van der Waals surface area contributed by atoms with E-state index in [4.69, 9.17) is 5.73 Å². The van der Waals surface area contributed by atoms with E-state index in [0.717, 1.165) is 16.6 Å². The number of rotatable bonds is 2. The third kappa shape index (κ3) is 2.75. The number of halogens is 1. The van der Waals surface area contributed by atoms with Crippen LogP contribution in [0.1, 0.15) is 17.3 Å². The van der Waals surface area contributed by atoms with Gasteiger partial charge in [-0.2, -0.15) is 0 Å². The minimum atomic E-state index is -0.171. The molecule has 0 spiro atoms. The van der Waals surface area contributed by atoms with Crippen molar-refractivity contribution in [2.75, 3.05) is 0 Å². The van der Waals surface area contributed by atoms with Crippen molar-refractivity contribution in [2.45, 2.75) is 6.04 Å². The summed E-state index contributed by atoms with van der Waals surface area (Å²) in [5.74, 6) is 0. The molecule has 0 saturated heterocycles. The van der Waals surface area contributed by atoms with Gasteiger partial charge in [0.2, 0.25) is 0 Å². The van der Waals surface area contributed by atoms with Crippen molar-refractivity contribution in [3.05, 3.63) is 78.1 Å². The molecule has 96 valence electrons. The molecule has 0 radical (unpaired) electrons. The molecule has 3 heteroatoms. The molecule has 1 heterocycles. The van der Waals surface area contributed by atoms with Crippen molar-refractivity contribution in [1.29, 1.82) is 0 Å². The second-order valence-corrected chi connectivity index (χ2v) is 4.34. The SMILES string of the molecule is Cl.NC(c1ccccc1)c1cc2ccccc2cn1. The summed E-state index contributed by atoms with van der Waals surface area (Å²) in [7, 11) is 0. The van der Waals surface area contributed by atoms with E-state index >= 15 is 0 Å². The molecule has 1 atom stereocenters. The van der Waals surface area contributed by atoms with Crippen molar-refractivity contribution in [3.8, 4) is 0 Å². The molecule has 2 nitrogen and oxygen atoms in total. The fourth-order valence-electron chi connectivity index (χ4n) is 2.10. The van der Waals surface area contributed by atoms with Gasteiger partial charge in [-0.05, 0) is 17.0 Å². The molecule has 2 aromatic carbocycles. The monoisotopic (exact) mass is 270 g/mol. The number of hydrogen-bond acceptors (Lipinski definition) is 2. The van der Waals surface area contributed by atoms with Gasteiger partial charge in [-0.25, -0.2) is 0 Å². The topological polar surface area (TPSA) is 38.9 Å². The Balaban J connectivity index is 0.00000133. The summed E-state index contributed by atoms with van der Waals surface area (Å²) in [6.07, 6.45) is 1.88. The summed E-state index contributed by atoms with van der Waals surface area (Å²) in [5.41, 5.74) is 8.23. The molecule has 0 saturated carbocycles. The number of aromatic nitrogens is 1. The van der Waals surface area contributed by atoms with Crippen LogP contribution in [0.25, 0.3) is 10.8 Å². The molecule has 0 fully saturated rings. The molecule has 0 aliphatic heterocycles. The van der Waals surface area contributed by atoms with Crippen LogP contribution in [0.4, 0.5) is 0 Å². The molecular formula is C16H15ClN2. The van der Waals surface area contributed by atoms with Gasteiger partial charge < -0.3 is 5.73 Å². The average Bonchev–Trinajstić information content (AvgIpc) is 2.47. The lowest BCUT2D eigenvalue weighted by atomic mass is 10.0. The summed E-state index contributed by atoms with van der Waals surface area (Å²) < 4.78 is 0. The molecule has 19 heavy (non-hydrogen) atoms. The molecule has 0 bridgehead atoms. The van der Waals surface area contributed by atoms with Gasteiger partial charge in [0.05, 0.1) is 11.7 Å². The fraction of sp³-hybridized carbons (Fsp3) is 0.0625. The van der Waals surface area contributed by atoms with Crippen molar-refractivity contribution < 1.29 is 0 Å². The minimum absolute atomic E-state index is 0. The van der Waals surface area contributed by atoms with Crippen LogP contribution in [0.5, 0.6) is 0 Å². The number of pyridine rings is 1. The first-order chi connectivity index (χ1) is 8.84. The van der Waals surface area contributed by atoms with E-state index in [9.17, 15) is 0 Å². The highest BCUT2D eigenvalue weighted by molar-refractivity contribution is 5.85. The van der Waals surface area contributed by atoms with Crippen molar-refractivity contribution in [1.82, 2.24) is 4.98 Å². The molecule has 2 N–H and O–H groups in total. The summed E-state index contributed by atoms with van der Waals surface area (Å²) in [6.45, 7) is 0. The quantitative estimate of drug-likeness (QED) is 0.771. The van der Waals surface area contributed by atoms with E-state index in [1.54, 1.807) is 0 Å². The molecule has 0 aliphatic rings. The van der Waals surface area contributed by atoms with Gasteiger partial charge in [-0.3, -0.25) is 4.98 Å². The minimum Gasteiger partial charge on any atom is -0.319 e. The van der Waals surface area contributed by atoms with Crippen LogP contribution in [0.15, 0.2) is 66.9 Å². The molecule has 0 amide bonds. The first kappa shape index (κ1) is 13.5. The highest BCUT2D eigenvalue weighted by atomic mass is 35.5. The summed E-state index contributed by atoms with van der Waals surface area (Å²) in [5, 5.41) is 2.32. The lowest BCUT2D eigenvalue weighted by Gasteiger charge is -2.12. The molecule has 0 aliphatic carbocycles. The zero-order chi connectivity index (χ0) is 12.4. The van der Waals surface area contributed by atoms with Crippen LogP contribution < -0.4 is 5.73 Å². The predicted molar refractivity (Wildman–Crippen MR) is 81.5 cm³/mol. The van der Waals surface area contributed by atoms with E-state index in [-0.39, 0.29) is 18.4 Å². The Bertz CT molecular complexity index is 668. The van der Waals surface area contributed by atoms with Crippen molar-refractivity contribution >= 4 is 23.2 Å². The standard InChI is InChI=1S/C16H14N2.ClH/c17-16(12-6-2-1-3-7-12)15-10-13-8-4-5-9-14(13)11-18-15;/h1-11,16H,17H2;1H. The van der Waals surface area contributed by atoms with Crippen LogP contribution in [0, 0.1) is 0 Å². The number of nitrogens with two attached hydrogens (primary N) is 1. The van der Waals surface area contributed by atoms with Gasteiger partial charge in [0, 0.05) is 11.6 Å². The highest BCUT2D eigenvalue weighted by Crippen LogP contribution is 2.21. The predicted octanol–water partition coefficient (Wildman–Crippen LogP) is 3.70. The number of hydrogen-bond donors (Lipinski definition) is 1. The third-order valence-corrected chi connectivity index (χ3v) is 3.13. The van der Waals surface area contributed by atoms with Crippen LogP contribution in [0.3, 0.4) is 0 Å². The number of benzene rings is 2. The largest absolute Gasteiger partial charge is 0.319 e. The van der Waals surface area contributed by atoms with Gasteiger partial charge in [0.1, 0.15) is 0 Å². The fourth-order valence-corrected chi connectivity index (χ4v) is 2.10. The highest BCUT2D eigenvalue weighted by Gasteiger charge is 2.10. The van der Waals surface area contributed by atoms with Crippen molar-refractivity contribution in [3.63, 3.8) is 0 Å². The van der Waals surface area contributed by atoms with Crippen LogP contribution in [-0.4, -0.2) is 4.98 Å². The van der Waals surface area contributed by atoms with Gasteiger partial charge >= 0.3 is 0 Å². The summed E-state index contributed by atoms with van der Waals surface area (Å²) in [4.78, 5) is 4.46. The Morgan fingerprint density at radius 2 is 1.47 bits per heavy atom. The molecule has 3 rings (SSSR count). The summed E-state index contributed by atoms with van der Waals surface area (Å²) >= 11 is 0. The molecule has 1 unspecified atom stereocenters. The maximum atomic E-state index is 6.24. The normalized spacial score (nSPS) is 11.8. The zero-order valence-electron chi connectivity index (χ0n) is 10.4. The van der Waals surface area contributed by atoms with E-state index in [1.165, 1.54) is 5.39 Å². The van der Waals surface area contributed by atoms with Gasteiger partial charge in [-0.1, -0.05) is 54.6 Å². The van der Waals surface area contributed by atoms with Crippen LogP contribution in [0.2, 0.25) is 0 Å². The van der Waals surface area contributed by atoms with Gasteiger partial charge in [0.15, 0.2) is 0 Å². The van der Waals surface area contributed by atoms with E-state index in [2.05, 4.69) is 23.2 Å². The Morgan fingerprint density at radius 1 is 0.842 bits per heavy atom. The molecular weight excluding hydrogens is 256 g/mol. The Labute approximate surface area is 118 Å². The Hall–Kier alpha value is -1.90. The second-order valence-electron chi connectivity index (χ2n) is 4.34. The zero-order valence-corrected chi connectivity index (χ0v) is 11.2. The van der Waals surface area contributed by atoms with Crippen LogP contribution in [-0.2, 0) is 0 Å². The average molecular weight is 271 g/mol. The molecule has 3 aromatic rings. The number of nitrogens with zero attached hydrogens (tertiary/aromatic N) is 1. The lowest BCUT2D eigenvalue weighted by molar-refractivity contribution is 0.832. The first-order valence-electron chi connectivity index (χ1n) is 6.00. The first-order valence-corrected chi connectivity index (χ1v) is 6.00. The second kappa shape index (κ2) is 5.83. The Morgan fingerprint density at radius 3 is 2.21 bits per heavy atom. The maximum Gasteiger partial charge on any atom is 0.0726 e. The van der Waals surface area contributed by atoms with E-state index in [0.29, 0.717) is 0 Å². The van der Waals surface area contributed by atoms with Crippen molar-refractivity contribution in [2.24, 2.45) is 5.73 Å². The van der Waals surface area contributed by atoms with Gasteiger partial charge in [-0.15, -0.1) is 12.4 Å². The third-order valence-electron chi connectivity index (χ3n) is 3.13. The van der Waals surface area contributed by atoms with Gasteiger partial charge in [0.25, 0.3) is 0 Å².